The average molecular weight is 187 g/mol. The van der Waals surface area contributed by atoms with Crippen molar-refractivity contribution in [1.82, 2.24) is 11.1 Å². The number of rotatable bonds is 1. The molecule has 0 aliphatic carbocycles. The number of nitro groups is 1. The molecule has 0 unspecified atom stereocenters. The van der Waals surface area contributed by atoms with E-state index in [4.69, 9.17) is 11.6 Å². The van der Waals surface area contributed by atoms with E-state index in [-0.39, 0.29) is 17.0 Å². The van der Waals surface area contributed by atoms with Gasteiger partial charge >= 0.3 is 0 Å². The second-order valence-corrected chi connectivity index (χ2v) is 2.44. The third-order valence-corrected chi connectivity index (χ3v) is 1.44. The standard InChI is InChI=1S/C6H5ClN2O2.N/c1-4-3-8-6(7)2-5(4)9(10)11;/h2-3H,1H3;. The third-order valence-electron chi connectivity index (χ3n) is 1.24. The largest absolute Gasteiger partial charge is 0.276 e. The van der Waals surface area contributed by atoms with Crippen LogP contribution in [-0.4, -0.2) is 9.91 Å². The van der Waals surface area contributed by atoms with Gasteiger partial charge in [-0.25, -0.2) is 4.98 Å². The summed E-state index contributed by atoms with van der Waals surface area (Å²) >= 11 is 5.45. The summed E-state index contributed by atoms with van der Waals surface area (Å²) in [4.78, 5) is 13.5. The van der Waals surface area contributed by atoms with Crippen molar-refractivity contribution in [2.45, 2.75) is 6.92 Å². The van der Waals surface area contributed by atoms with Crippen LogP contribution in [0.25, 0.3) is 0 Å². The van der Waals surface area contributed by atoms with Crippen LogP contribution in [-0.2, 0) is 0 Å². The first kappa shape index (κ1) is 10.8. The molecular weight excluding hydrogens is 182 g/mol. The summed E-state index contributed by atoms with van der Waals surface area (Å²) in [6, 6.07) is 1.23. The highest BCUT2D eigenvalue weighted by Gasteiger charge is 2.10. The van der Waals surface area contributed by atoms with E-state index in [1.165, 1.54) is 12.3 Å². The van der Waals surface area contributed by atoms with E-state index in [1.807, 2.05) is 0 Å². The van der Waals surface area contributed by atoms with Gasteiger partial charge < -0.3 is 0 Å². The SMILES string of the molecule is Cc1cnc(Cl)cc1[N+](=O)[O-].[N]. The summed E-state index contributed by atoms with van der Waals surface area (Å²) in [6.45, 7) is 1.61. The van der Waals surface area contributed by atoms with Crippen molar-refractivity contribution in [3.63, 3.8) is 0 Å². The van der Waals surface area contributed by atoms with Gasteiger partial charge in [0.25, 0.3) is 5.69 Å². The Hall–Kier alpha value is -1.20. The van der Waals surface area contributed by atoms with Crippen molar-refractivity contribution in [2.24, 2.45) is 0 Å². The lowest BCUT2D eigenvalue weighted by Crippen LogP contribution is -1.92. The number of hydrogen-bond donors (Lipinski definition) is 0. The average Bonchev–Trinajstić information content (AvgIpc) is 1.94. The first-order valence-electron chi connectivity index (χ1n) is 2.88. The summed E-state index contributed by atoms with van der Waals surface area (Å²) < 4.78 is 0. The van der Waals surface area contributed by atoms with E-state index in [0.29, 0.717) is 5.56 Å². The van der Waals surface area contributed by atoms with Gasteiger partial charge in [-0.1, -0.05) is 11.6 Å². The molecule has 0 spiro atoms. The van der Waals surface area contributed by atoms with Gasteiger partial charge in [-0.15, -0.1) is 0 Å². The number of aromatic nitrogens is 1. The van der Waals surface area contributed by atoms with Crippen molar-refractivity contribution in [1.29, 1.82) is 0 Å². The number of halogens is 1. The van der Waals surface area contributed by atoms with Gasteiger partial charge in [-0.2, -0.15) is 0 Å². The molecule has 0 fully saturated rings. The monoisotopic (exact) mass is 186 g/mol. The van der Waals surface area contributed by atoms with Crippen LogP contribution in [0.1, 0.15) is 5.56 Å². The Morgan fingerprint density at radius 1 is 1.67 bits per heavy atom. The van der Waals surface area contributed by atoms with Crippen LogP contribution >= 0.6 is 11.6 Å². The number of pyridine rings is 1. The maximum atomic E-state index is 10.3. The molecule has 1 heterocycles. The van der Waals surface area contributed by atoms with Crippen LogP contribution in [0.4, 0.5) is 5.69 Å². The molecule has 1 aromatic rings. The van der Waals surface area contributed by atoms with Crippen LogP contribution in [0.2, 0.25) is 5.15 Å². The van der Waals surface area contributed by atoms with Crippen LogP contribution in [0.5, 0.6) is 0 Å². The van der Waals surface area contributed by atoms with E-state index in [2.05, 4.69) is 4.98 Å². The fraction of sp³-hybridized carbons (Fsp3) is 0.167. The molecule has 3 radical (unpaired) electrons. The minimum atomic E-state index is -0.483. The van der Waals surface area contributed by atoms with Crippen LogP contribution in [0.15, 0.2) is 12.3 Å². The zero-order valence-electron chi connectivity index (χ0n) is 6.19. The maximum Gasteiger partial charge on any atom is 0.276 e. The predicted octanol–water partition coefficient (Wildman–Crippen LogP) is 1.47. The number of aryl methyl sites for hydroxylation is 1. The van der Waals surface area contributed by atoms with Gasteiger partial charge in [0.05, 0.1) is 11.0 Å². The Bertz CT molecular complexity index is 303. The minimum Gasteiger partial charge on any atom is -0.258 e. The molecule has 63 valence electrons. The molecule has 0 aromatic carbocycles. The highest BCUT2D eigenvalue weighted by Crippen LogP contribution is 2.19. The molecule has 0 aliphatic rings. The Balaban J connectivity index is 0.00000121. The first-order chi connectivity index (χ1) is 5.11. The fourth-order valence-corrected chi connectivity index (χ4v) is 0.837. The van der Waals surface area contributed by atoms with Gasteiger partial charge in [0.2, 0.25) is 0 Å². The molecule has 0 N–H and O–H groups in total. The summed E-state index contributed by atoms with van der Waals surface area (Å²) in [5.74, 6) is 0. The summed E-state index contributed by atoms with van der Waals surface area (Å²) in [7, 11) is 0. The van der Waals surface area contributed by atoms with Crippen molar-refractivity contribution in [3.8, 4) is 0 Å². The molecule has 12 heavy (non-hydrogen) atoms. The molecule has 0 saturated heterocycles. The number of nitrogens with zero attached hydrogens (tertiary/aromatic N) is 3. The Morgan fingerprint density at radius 3 is 2.67 bits per heavy atom. The highest BCUT2D eigenvalue weighted by atomic mass is 35.5. The topological polar surface area (TPSA) is 86.5 Å². The second-order valence-electron chi connectivity index (χ2n) is 2.05. The lowest BCUT2D eigenvalue weighted by molar-refractivity contribution is -0.385. The molecule has 0 saturated carbocycles. The summed E-state index contributed by atoms with van der Waals surface area (Å²) in [5, 5.41) is 10.4. The molecule has 1 aromatic heterocycles. The highest BCUT2D eigenvalue weighted by molar-refractivity contribution is 6.29. The van der Waals surface area contributed by atoms with Crippen LogP contribution in [0, 0.1) is 17.0 Å². The maximum absolute atomic E-state index is 10.3. The Morgan fingerprint density at radius 2 is 2.25 bits per heavy atom. The quantitative estimate of drug-likeness (QED) is 0.378. The molecule has 0 amide bonds. The molecule has 0 atom stereocenters. The minimum absolute atomic E-state index is 0. The molecule has 6 heteroatoms. The van der Waals surface area contributed by atoms with E-state index < -0.39 is 4.92 Å². The second kappa shape index (κ2) is 3.99. The first-order valence-corrected chi connectivity index (χ1v) is 3.25. The molecular formula is C6H5ClN3O2. The molecule has 5 nitrogen and oxygen atoms in total. The van der Waals surface area contributed by atoms with Gasteiger partial charge in [-0.05, 0) is 6.92 Å². The smallest absolute Gasteiger partial charge is 0.258 e. The van der Waals surface area contributed by atoms with Crippen molar-refractivity contribution in [2.75, 3.05) is 0 Å². The van der Waals surface area contributed by atoms with E-state index in [0.717, 1.165) is 0 Å². The molecule has 0 bridgehead atoms. The van der Waals surface area contributed by atoms with Gasteiger partial charge in [0, 0.05) is 17.9 Å². The van der Waals surface area contributed by atoms with Gasteiger partial charge in [0.1, 0.15) is 5.15 Å². The lowest BCUT2D eigenvalue weighted by Gasteiger charge is -1.94. The predicted molar refractivity (Wildman–Crippen MR) is 42.8 cm³/mol. The summed E-state index contributed by atoms with van der Waals surface area (Å²) in [5.41, 5.74) is 0.518. The van der Waals surface area contributed by atoms with E-state index >= 15 is 0 Å². The van der Waals surface area contributed by atoms with E-state index in [1.54, 1.807) is 6.92 Å². The van der Waals surface area contributed by atoms with Crippen molar-refractivity contribution >= 4 is 17.3 Å². The van der Waals surface area contributed by atoms with Crippen LogP contribution < -0.4 is 6.15 Å². The Kier molecular flexibility index (Phi) is 3.59. The Labute approximate surface area is 74.1 Å². The van der Waals surface area contributed by atoms with Gasteiger partial charge in [-0.3, -0.25) is 10.1 Å². The molecule has 0 aliphatic heterocycles. The van der Waals surface area contributed by atoms with Gasteiger partial charge in [0.15, 0.2) is 0 Å². The number of hydrogen-bond acceptors (Lipinski definition) is 3. The lowest BCUT2D eigenvalue weighted by atomic mass is 10.3. The zero-order chi connectivity index (χ0) is 8.43. The van der Waals surface area contributed by atoms with E-state index in [9.17, 15) is 10.1 Å². The molecule has 1 rings (SSSR count). The van der Waals surface area contributed by atoms with Crippen molar-refractivity contribution in [3.05, 3.63) is 33.1 Å². The normalized spacial score (nSPS) is 8.83. The van der Waals surface area contributed by atoms with Crippen LogP contribution in [0.3, 0.4) is 0 Å². The third kappa shape index (κ3) is 2.14. The fourth-order valence-electron chi connectivity index (χ4n) is 0.685. The summed E-state index contributed by atoms with van der Waals surface area (Å²) in [6.07, 6.45) is 1.38. The zero-order valence-corrected chi connectivity index (χ0v) is 6.95. The van der Waals surface area contributed by atoms with Crippen molar-refractivity contribution < 1.29 is 4.92 Å².